The number of aromatic nitrogens is 1. The lowest BCUT2D eigenvalue weighted by molar-refractivity contribution is -0.147. The molecule has 1 aromatic heterocycles. The summed E-state index contributed by atoms with van der Waals surface area (Å²) in [6.45, 7) is 0. The molecule has 124 valence electrons. The van der Waals surface area contributed by atoms with Crippen LogP contribution in [0.4, 0.5) is 0 Å². The van der Waals surface area contributed by atoms with Gasteiger partial charge < -0.3 is 14.8 Å². The summed E-state index contributed by atoms with van der Waals surface area (Å²) in [5, 5.41) is 9.40. The van der Waals surface area contributed by atoms with Gasteiger partial charge in [-0.15, -0.1) is 0 Å². The van der Waals surface area contributed by atoms with Crippen molar-refractivity contribution in [3.63, 3.8) is 0 Å². The molecule has 2 N–H and O–H groups in total. The molecule has 0 bridgehead atoms. The number of carbonyl (C=O) groups is 2. The molecule has 0 spiro atoms. The first-order valence-electron chi connectivity index (χ1n) is 6.70. The Morgan fingerprint density at radius 2 is 2.04 bits per heavy atom. The van der Waals surface area contributed by atoms with E-state index in [1.54, 1.807) is 6.07 Å². The van der Waals surface area contributed by atoms with Crippen molar-refractivity contribution in [1.82, 2.24) is 4.98 Å². The third kappa shape index (κ3) is 2.28. The van der Waals surface area contributed by atoms with Crippen LogP contribution in [0.2, 0.25) is 10.0 Å². The van der Waals surface area contributed by atoms with E-state index in [4.69, 9.17) is 27.9 Å². The molecule has 6 nitrogen and oxygen atoms in total. The zero-order valence-corrected chi connectivity index (χ0v) is 14.7. The summed E-state index contributed by atoms with van der Waals surface area (Å²) in [5.41, 5.74) is 0.514. The van der Waals surface area contributed by atoms with Crippen LogP contribution in [-0.2, 0) is 9.59 Å². The van der Waals surface area contributed by atoms with Gasteiger partial charge in [0.1, 0.15) is 5.25 Å². The first-order valence-corrected chi connectivity index (χ1v) is 9.15. The highest BCUT2D eigenvalue weighted by atomic mass is 35.5. The van der Waals surface area contributed by atoms with Crippen molar-refractivity contribution >= 4 is 58.2 Å². The van der Waals surface area contributed by atoms with Gasteiger partial charge in [-0.25, -0.2) is 0 Å². The lowest BCUT2D eigenvalue weighted by atomic mass is 9.80. The minimum Gasteiger partial charge on any atom is -0.480 e. The predicted octanol–water partition coefficient (Wildman–Crippen LogP) is 2.97. The number of esters is 1. The largest absolute Gasteiger partial charge is 0.480 e. The van der Waals surface area contributed by atoms with E-state index in [-0.39, 0.29) is 15.6 Å². The maximum absolute atomic E-state index is 12.5. The number of ether oxygens (including phenoxy) is 1. The van der Waals surface area contributed by atoms with E-state index in [0.717, 1.165) is 23.1 Å². The molecular formula is C14H7Cl2NO5S2. The van der Waals surface area contributed by atoms with E-state index in [2.05, 4.69) is 4.98 Å². The van der Waals surface area contributed by atoms with Crippen LogP contribution >= 0.6 is 46.3 Å². The normalized spacial score (nSPS) is 24.6. The zero-order valence-electron chi connectivity index (χ0n) is 11.5. The number of H-pyrrole nitrogens is 1. The van der Waals surface area contributed by atoms with Crippen LogP contribution in [0.1, 0.15) is 16.4 Å². The average molecular weight is 404 g/mol. The van der Waals surface area contributed by atoms with Crippen molar-refractivity contribution in [3.8, 4) is 5.75 Å². The van der Waals surface area contributed by atoms with Gasteiger partial charge in [-0.2, -0.15) is 0 Å². The molecule has 0 radical (unpaired) electrons. The number of carboxylic acid groups (broad SMARTS) is 1. The fourth-order valence-electron chi connectivity index (χ4n) is 3.04. The highest BCUT2D eigenvalue weighted by Gasteiger charge is 2.52. The van der Waals surface area contributed by atoms with Gasteiger partial charge in [0.25, 0.3) is 0 Å². The zero-order chi connectivity index (χ0) is 17.2. The molecule has 24 heavy (non-hydrogen) atoms. The quantitative estimate of drug-likeness (QED) is 0.561. The Morgan fingerprint density at radius 1 is 1.29 bits per heavy atom. The number of rotatable bonds is 1. The average Bonchev–Trinajstić information content (AvgIpc) is 2.87. The summed E-state index contributed by atoms with van der Waals surface area (Å²) >= 11 is 14.1. The lowest BCUT2D eigenvalue weighted by Gasteiger charge is -2.37. The summed E-state index contributed by atoms with van der Waals surface area (Å²) in [7, 11) is 0. The Kier molecular flexibility index (Phi) is 3.68. The Balaban J connectivity index is 2.02. The second-order valence-electron chi connectivity index (χ2n) is 5.32. The molecule has 3 atom stereocenters. The maximum atomic E-state index is 12.5. The standard InChI is InChI=1S/C14H7Cl2NO5S2/c15-3-1-4-6-7(13(20)22-8(4)5(16)2-3)10(12(18)19)23-11-9(6)24-14(21)17-11/h1-2,6-7,10H,(H,17,21)(H,18,19)/t6-,7-,10+/m0/s1. The molecule has 3 heterocycles. The van der Waals surface area contributed by atoms with Gasteiger partial charge in [0, 0.05) is 21.4 Å². The molecular weight excluding hydrogens is 397 g/mol. The molecule has 0 saturated heterocycles. The number of nitrogens with one attached hydrogen (secondary N) is 1. The van der Waals surface area contributed by atoms with E-state index in [1.165, 1.54) is 6.07 Å². The molecule has 1 aromatic carbocycles. The molecule has 2 aliphatic heterocycles. The summed E-state index contributed by atoms with van der Waals surface area (Å²) in [5.74, 6) is -3.27. The number of hydrogen-bond donors (Lipinski definition) is 2. The van der Waals surface area contributed by atoms with Gasteiger partial charge in [0.2, 0.25) is 0 Å². The van der Waals surface area contributed by atoms with Crippen molar-refractivity contribution in [2.24, 2.45) is 5.92 Å². The molecule has 0 fully saturated rings. The topological polar surface area (TPSA) is 96.5 Å². The van der Waals surface area contributed by atoms with Crippen molar-refractivity contribution < 1.29 is 19.4 Å². The van der Waals surface area contributed by atoms with E-state index in [9.17, 15) is 19.5 Å². The van der Waals surface area contributed by atoms with Crippen molar-refractivity contribution in [1.29, 1.82) is 0 Å². The second-order valence-corrected chi connectivity index (χ2v) is 8.33. The monoisotopic (exact) mass is 403 g/mol. The highest BCUT2D eigenvalue weighted by molar-refractivity contribution is 8.00. The van der Waals surface area contributed by atoms with Crippen LogP contribution in [0.15, 0.2) is 22.0 Å². The number of carbonyl (C=O) groups excluding carboxylic acids is 1. The summed E-state index contributed by atoms with van der Waals surface area (Å²) in [4.78, 5) is 38.8. The number of hydrogen-bond acceptors (Lipinski definition) is 6. The predicted molar refractivity (Wildman–Crippen MR) is 89.7 cm³/mol. The number of carboxylic acids is 1. The Hall–Kier alpha value is -1.48. The van der Waals surface area contributed by atoms with Crippen molar-refractivity contribution in [3.05, 3.63) is 42.3 Å². The van der Waals surface area contributed by atoms with Crippen molar-refractivity contribution in [2.45, 2.75) is 16.2 Å². The summed E-state index contributed by atoms with van der Waals surface area (Å²) < 4.78 is 5.30. The smallest absolute Gasteiger partial charge is 0.317 e. The number of aromatic amines is 1. The minimum absolute atomic E-state index is 0.162. The van der Waals surface area contributed by atoms with Crippen LogP contribution in [0.25, 0.3) is 0 Å². The van der Waals surface area contributed by atoms with E-state index < -0.39 is 29.0 Å². The van der Waals surface area contributed by atoms with Gasteiger partial charge >= 0.3 is 16.8 Å². The number of benzene rings is 1. The summed E-state index contributed by atoms with van der Waals surface area (Å²) in [6, 6.07) is 3.04. The van der Waals surface area contributed by atoms with Crippen LogP contribution in [0.5, 0.6) is 5.75 Å². The minimum atomic E-state index is -1.15. The van der Waals surface area contributed by atoms with E-state index >= 15 is 0 Å². The highest BCUT2D eigenvalue weighted by Crippen LogP contribution is 2.55. The molecule has 0 aliphatic carbocycles. The Bertz CT molecular complexity index is 953. The Morgan fingerprint density at radius 3 is 2.75 bits per heavy atom. The maximum Gasteiger partial charge on any atom is 0.317 e. The molecule has 10 heteroatoms. The molecule has 0 amide bonds. The summed E-state index contributed by atoms with van der Waals surface area (Å²) in [6.07, 6.45) is 0. The Labute approximate surface area is 152 Å². The molecule has 0 saturated carbocycles. The third-order valence-electron chi connectivity index (χ3n) is 3.94. The van der Waals surface area contributed by atoms with Gasteiger partial charge in [-0.1, -0.05) is 46.3 Å². The number of thioether (sulfide) groups is 1. The van der Waals surface area contributed by atoms with Gasteiger partial charge in [-0.3, -0.25) is 14.4 Å². The number of fused-ring (bicyclic) bond motifs is 5. The van der Waals surface area contributed by atoms with Gasteiger partial charge in [-0.05, 0) is 12.1 Å². The molecule has 4 rings (SSSR count). The van der Waals surface area contributed by atoms with Crippen LogP contribution in [0, 0.1) is 5.92 Å². The van der Waals surface area contributed by atoms with Crippen molar-refractivity contribution in [2.75, 3.05) is 0 Å². The van der Waals surface area contributed by atoms with Crippen LogP contribution < -0.4 is 9.61 Å². The fourth-order valence-corrected chi connectivity index (χ4v) is 5.99. The molecule has 2 aliphatic rings. The van der Waals surface area contributed by atoms with E-state index in [0.29, 0.717) is 20.5 Å². The third-order valence-corrected chi connectivity index (χ3v) is 6.85. The molecule has 2 aromatic rings. The number of thiazole rings is 1. The van der Waals surface area contributed by atoms with Crippen LogP contribution in [0.3, 0.4) is 0 Å². The van der Waals surface area contributed by atoms with Gasteiger partial charge in [0.15, 0.2) is 5.75 Å². The molecule has 0 unspecified atom stereocenters. The van der Waals surface area contributed by atoms with E-state index in [1.807, 2.05) is 0 Å². The second kappa shape index (κ2) is 5.52. The number of halogens is 2. The first-order chi connectivity index (χ1) is 11.4. The number of aliphatic carboxylic acids is 1. The SMILES string of the molecule is O=C1Oc2c(Cl)cc(Cl)cc2[C@@H]2c3sc(=O)[nH]c3S[C@@H](C(=O)O)[C@@H]12. The first kappa shape index (κ1) is 16.0. The lowest BCUT2D eigenvalue weighted by Crippen LogP contribution is -2.44. The fraction of sp³-hybridized carbons (Fsp3) is 0.214. The van der Waals surface area contributed by atoms with Crippen LogP contribution in [-0.4, -0.2) is 27.3 Å². The van der Waals surface area contributed by atoms with Gasteiger partial charge in [0.05, 0.1) is 16.0 Å².